The first kappa shape index (κ1) is 36.2. The zero-order valence-electron chi connectivity index (χ0n) is 31.5. The average molecular weight is 709 g/mol. The molecule has 0 spiro atoms. The second-order valence-electron chi connectivity index (χ2n) is 18.8. The lowest BCUT2D eigenvalue weighted by Gasteiger charge is -2.70. The van der Waals surface area contributed by atoms with E-state index < -0.39 is 45.5 Å². The normalized spacial score (nSPS) is 43.6. The number of carbonyl (C=O) groups excluding carboxylic acids is 3. The predicted molar refractivity (Wildman–Crippen MR) is 185 cm³/mol. The fourth-order valence-corrected chi connectivity index (χ4v) is 12.7. The quantitative estimate of drug-likeness (QED) is 0.291. The van der Waals surface area contributed by atoms with E-state index in [-0.39, 0.29) is 64.4 Å². The fraction of sp³-hybridized carbons (Fsp3) is 0.780. The number of fused-ring (bicyclic) bond motifs is 7. The van der Waals surface area contributed by atoms with Crippen molar-refractivity contribution in [1.82, 2.24) is 0 Å². The summed E-state index contributed by atoms with van der Waals surface area (Å²) in [7, 11) is 0. The third kappa shape index (κ3) is 5.18. The van der Waals surface area contributed by atoms with Gasteiger partial charge in [-0.3, -0.25) is 19.2 Å². The van der Waals surface area contributed by atoms with Crippen LogP contribution < -0.4 is 5.82 Å². The molecule has 6 aliphatic carbocycles. The van der Waals surface area contributed by atoms with Crippen LogP contribution in [-0.4, -0.2) is 34.9 Å². The molecule has 10 atom stereocenters. The van der Waals surface area contributed by atoms with E-state index in [1.54, 1.807) is 6.92 Å². The molecule has 0 amide bonds. The van der Waals surface area contributed by atoms with Crippen LogP contribution >= 0.6 is 0 Å². The molecule has 0 unspecified atom stereocenters. The lowest BCUT2D eigenvalue weighted by molar-refractivity contribution is -0.225. The molecule has 1 N–H and O–H groups in total. The summed E-state index contributed by atoms with van der Waals surface area (Å²) in [5.41, 5.74) is -2.37. The Hall–Kier alpha value is -3.17. The summed E-state index contributed by atoms with van der Waals surface area (Å²) in [6.45, 7) is 14.0. The number of aryl methyl sites for hydroxylation is 1. The first-order valence-corrected chi connectivity index (χ1v) is 19.3. The Morgan fingerprint density at radius 2 is 1.57 bits per heavy atom. The third-order valence-corrected chi connectivity index (χ3v) is 16.3. The Kier molecular flexibility index (Phi) is 8.46. The first-order chi connectivity index (χ1) is 23.8. The zero-order chi connectivity index (χ0) is 36.9. The largest absolute Gasteiger partial charge is 0.519 e. The van der Waals surface area contributed by atoms with Crippen molar-refractivity contribution in [2.75, 3.05) is 0 Å². The van der Waals surface area contributed by atoms with Crippen LogP contribution in [0.4, 0.5) is 0 Å². The maximum absolute atomic E-state index is 14.9. The Morgan fingerprint density at radius 1 is 0.882 bits per heavy atom. The lowest BCUT2D eigenvalue weighted by atomic mass is 9.33. The second kappa shape index (κ2) is 11.9. The van der Waals surface area contributed by atoms with Gasteiger partial charge in [-0.05, 0) is 131 Å². The number of allylic oxidation sites excluding steroid dienone is 2. The molecule has 6 aliphatic rings. The number of carboxylic acid groups (broad SMARTS) is 1. The van der Waals surface area contributed by atoms with Gasteiger partial charge in [0.15, 0.2) is 23.9 Å². The van der Waals surface area contributed by atoms with E-state index in [1.165, 1.54) is 0 Å². The van der Waals surface area contributed by atoms with Crippen LogP contribution in [0.2, 0.25) is 0 Å². The molecule has 1 aromatic heterocycles. The molecule has 0 radical (unpaired) electrons. The van der Waals surface area contributed by atoms with E-state index >= 15 is 0 Å². The topological polar surface area (TPSA) is 150 Å². The number of hydrogen-bond donors (Lipinski definition) is 1. The van der Waals surface area contributed by atoms with Crippen molar-refractivity contribution in [3.63, 3.8) is 0 Å². The van der Waals surface area contributed by atoms with Crippen molar-refractivity contribution < 1.29 is 42.6 Å². The highest BCUT2D eigenvalue weighted by molar-refractivity contribution is 5.96. The molecule has 7 rings (SSSR count). The molecule has 51 heavy (non-hydrogen) atoms. The molecule has 280 valence electrons. The highest BCUT2D eigenvalue weighted by Gasteiger charge is 2.72. The Bertz CT molecular complexity index is 1730. The van der Waals surface area contributed by atoms with E-state index in [2.05, 4.69) is 27.7 Å². The maximum Gasteiger partial charge on any atom is 0.519 e. The minimum atomic E-state index is -1.26. The van der Waals surface area contributed by atoms with E-state index in [0.29, 0.717) is 38.5 Å². The second-order valence-corrected chi connectivity index (χ2v) is 18.8. The van der Waals surface area contributed by atoms with Gasteiger partial charge in [-0.1, -0.05) is 46.1 Å². The van der Waals surface area contributed by atoms with Crippen molar-refractivity contribution in [2.24, 2.45) is 56.2 Å². The predicted octanol–water partition coefficient (Wildman–Crippen LogP) is 7.73. The van der Waals surface area contributed by atoms with Gasteiger partial charge in [-0.25, -0.2) is 4.79 Å². The monoisotopic (exact) mass is 708 g/mol. The highest BCUT2D eigenvalue weighted by atomic mass is 16.6. The number of hydrogen-bond acceptors (Lipinski definition) is 9. The van der Waals surface area contributed by atoms with Gasteiger partial charge < -0.3 is 23.4 Å². The standard InChI is InChI=1S/C41H56O10/c1-23-28(50-35(47)49-23)22-48-34(46)41(7)29-12-15-40(6)31(38(29,4)14-13-30(41)51-32(43)24-10-8-9-11-24)27(42)20-25-26-21-37(3,33(44)45)17-16-36(26,2)18-19-39(25,40)5/h20,24,26,29-31H,8-19,21-22H2,1-7H3,(H,44,45)/t26-,29+,30-,31+,36+,37-,38-,39+,40+,41-/m0/s1. The van der Waals surface area contributed by atoms with Crippen molar-refractivity contribution in [3.8, 4) is 0 Å². The summed E-state index contributed by atoms with van der Waals surface area (Å²) in [5.74, 6) is -2.89. The molecule has 1 heterocycles. The minimum absolute atomic E-state index is 0.00997. The number of aliphatic carboxylic acids is 1. The summed E-state index contributed by atoms with van der Waals surface area (Å²) in [4.78, 5) is 67.2. The number of carboxylic acids is 1. The lowest BCUT2D eigenvalue weighted by Crippen LogP contribution is -2.68. The van der Waals surface area contributed by atoms with Crippen LogP contribution in [0.1, 0.15) is 137 Å². The number of ketones is 1. The van der Waals surface area contributed by atoms with Crippen LogP contribution in [0.5, 0.6) is 0 Å². The van der Waals surface area contributed by atoms with Gasteiger partial charge in [-0.2, -0.15) is 0 Å². The Balaban J connectivity index is 1.26. The molecule has 0 aromatic carbocycles. The van der Waals surface area contributed by atoms with Gasteiger partial charge in [0.2, 0.25) is 0 Å². The van der Waals surface area contributed by atoms with Crippen molar-refractivity contribution >= 4 is 23.7 Å². The summed E-state index contributed by atoms with van der Waals surface area (Å²) in [5, 5.41) is 10.3. The third-order valence-electron chi connectivity index (χ3n) is 16.3. The zero-order valence-corrected chi connectivity index (χ0v) is 31.5. The smallest absolute Gasteiger partial charge is 0.481 e. The molecule has 10 nitrogen and oxygen atoms in total. The Labute approximate surface area is 300 Å². The van der Waals surface area contributed by atoms with E-state index in [4.69, 9.17) is 18.3 Å². The highest BCUT2D eigenvalue weighted by Crippen LogP contribution is 2.75. The number of carbonyl (C=O) groups is 4. The molecule has 10 heteroatoms. The van der Waals surface area contributed by atoms with Crippen LogP contribution in [0.25, 0.3) is 0 Å². The molecular formula is C41H56O10. The summed E-state index contributed by atoms with van der Waals surface area (Å²) >= 11 is 0. The molecule has 0 bridgehead atoms. The number of ether oxygens (including phenoxy) is 2. The molecule has 5 saturated carbocycles. The summed E-state index contributed by atoms with van der Waals surface area (Å²) in [6, 6.07) is 0. The minimum Gasteiger partial charge on any atom is -0.481 e. The van der Waals surface area contributed by atoms with Crippen LogP contribution in [0, 0.1) is 63.1 Å². The van der Waals surface area contributed by atoms with Crippen molar-refractivity contribution in [2.45, 2.75) is 145 Å². The fourth-order valence-electron chi connectivity index (χ4n) is 12.7. The molecule has 0 aliphatic heterocycles. The van der Waals surface area contributed by atoms with Gasteiger partial charge in [0.1, 0.15) is 11.5 Å². The molecule has 1 aromatic rings. The Morgan fingerprint density at radius 3 is 2.22 bits per heavy atom. The van der Waals surface area contributed by atoms with E-state index in [9.17, 15) is 29.1 Å². The SMILES string of the molecule is Cc1oc(=O)oc1COC(=O)[C@]1(C)[C@@H](OC(=O)C2CCCC2)CC[C@@]2(C)[C@H]1CC[C@]1(C)[C@@H]2C(=O)C=C2[C@@H]3C[C@@](C)(C(=O)O)CC[C@]3(C)CC[C@]21C. The molecule has 0 saturated heterocycles. The first-order valence-electron chi connectivity index (χ1n) is 19.3. The summed E-state index contributed by atoms with van der Waals surface area (Å²) in [6.07, 6.45) is 10.9. The van der Waals surface area contributed by atoms with E-state index in [0.717, 1.165) is 50.5 Å². The van der Waals surface area contributed by atoms with Gasteiger partial charge >= 0.3 is 23.7 Å². The van der Waals surface area contributed by atoms with Crippen LogP contribution in [0.15, 0.2) is 25.3 Å². The van der Waals surface area contributed by atoms with Gasteiger partial charge in [0.25, 0.3) is 0 Å². The van der Waals surface area contributed by atoms with Gasteiger partial charge in [0, 0.05) is 5.92 Å². The summed E-state index contributed by atoms with van der Waals surface area (Å²) < 4.78 is 22.4. The number of esters is 2. The molecular weight excluding hydrogens is 652 g/mol. The average Bonchev–Trinajstić information content (AvgIpc) is 3.72. The van der Waals surface area contributed by atoms with Crippen molar-refractivity contribution in [3.05, 3.63) is 33.8 Å². The van der Waals surface area contributed by atoms with Gasteiger partial charge in [-0.15, -0.1) is 0 Å². The van der Waals surface area contributed by atoms with E-state index in [1.807, 2.05) is 19.9 Å². The van der Waals surface area contributed by atoms with Crippen molar-refractivity contribution in [1.29, 1.82) is 0 Å². The van der Waals surface area contributed by atoms with Crippen LogP contribution in [-0.2, 0) is 35.3 Å². The molecule has 5 fully saturated rings. The van der Waals surface area contributed by atoms with Gasteiger partial charge in [0.05, 0.1) is 11.3 Å². The number of rotatable bonds is 6. The van der Waals surface area contributed by atoms with Crippen LogP contribution in [0.3, 0.4) is 0 Å². The maximum atomic E-state index is 14.9.